The predicted molar refractivity (Wildman–Crippen MR) is 207 cm³/mol. The maximum absolute atomic E-state index is 5.10. The van der Waals surface area contributed by atoms with Crippen molar-refractivity contribution < 1.29 is 0 Å². The van der Waals surface area contributed by atoms with E-state index in [2.05, 4.69) is 120 Å². The van der Waals surface area contributed by atoms with Crippen LogP contribution in [0.5, 0.6) is 0 Å². The molecule has 0 N–H and O–H groups in total. The van der Waals surface area contributed by atoms with Gasteiger partial charge in [-0.15, -0.1) is 0 Å². The molecule has 4 nitrogen and oxygen atoms in total. The highest BCUT2D eigenvalue weighted by molar-refractivity contribution is 6.26. The number of rotatable bonds is 6. The summed E-state index contributed by atoms with van der Waals surface area (Å²) in [6, 6.07) is 49.3. The fourth-order valence-electron chi connectivity index (χ4n) is 6.99. The van der Waals surface area contributed by atoms with E-state index in [0.29, 0.717) is 5.82 Å². The van der Waals surface area contributed by atoms with Gasteiger partial charge in [0.05, 0.1) is 11.4 Å². The minimum Gasteiger partial charge on any atom is -0.265 e. The Hall–Kier alpha value is -6.78. The number of benzene rings is 6. The third-order valence-electron chi connectivity index (χ3n) is 9.45. The van der Waals surface area contributed by atoms with Crippen molar-refractivity contribution in [3.63, 3.8) is 0 Å². The monoisotopic (exact) mass is 638 g/mol. The van der Waals surface area contributed by atoms with E-state index in [-0.39, 0.29) is 0 Å². The molecule has 3 heterocycles. The van der Waals surface area contributed by atoms with Crippen LogP contribution in [0.4, 0.5) is 0 Å². The average molecular weight is 639 g/mol. The highest BCUT2D eigenvalue weighted by atomic mass is 14.9. The van der Waals surface area contributed by atoms with Crippen LogP contribution in [0, 0.1) is 0 Å². The van der Waals surface area contributed by atoms with E-state index in [0.717, 1.165) is 50.3 Å². The van der Waals surface area contributed by atoms with Gasteiger partial charge in [0.15, 0.2) is 5.82 Å². The molecular formula is C46H30N4. The second kappa shape index (κ2) is 12.3. The van der Waals surface area contributed by atoms with Gasteiger partial charge in [0, 0.05) is 41.5 Å². The molecule has 0 unspecified atom stereocenters. The largest absolute Gasteiger partial charge is 0.265 e. The van der Waals surface area contributed by atoms with Gasteiger partial charge in [0.2, 0.25) is 0 Å². The molecule has 50 heavy (non-hydrogen) atoms. The molecule has 0 atom stereocenters. The molecule has 0 amide bonds. The zero-order chi connectivity index (χ0) is 33.4. The number of hydrogen-bond donors (Lipinski definition) is 0. The van der Waals surface area contributed by atoms with Gasteiger partial charge < -0.3 is 0 Å². The molecule has 0 aliphatic heterocycles. The summed E-state index contributed by atoms with van der Waals surface area (Å²) < 4.78 is 0. The van der Waals surface area contributed by atoms with Crippen LogP contribution in [-0.4, -0.2) is 19.9 Å². The van der Waals surface area contributed by atoms with Crippen LogP contribution in [-0.2, 0) is 0 Å². The number of hydrogen-bond acceptors (Lipinski definition) is 4. The van der Waals surface area contributed by atoms with Crippen molar-refractivity contribution in [2.24, 2.45) is 0 Å². The molecule has 0 aliphatic rings. The number of nitrogens with zero attached hydrogens (tertiary/aromatic N) is 4. The quantitative estimate of drug-likeness (QED) is 0.170. The average Bonchev–Trinajstić information content (AvgIpc) is 3.21. The number of aromatic nitrogens is 4. The van der Waals surface area contributed by atoms with Crippen LogP contribution in [0.1, 0.15) is 5.56 Å². The third-order valence-corrected chi connectivity index (χ3v) is 9.45. The minimum absolute atomic E-state index is 0.663. The van der Waals surface area contributed by atoms with Gasteiger partial charge in [0.25, 0.3) is 0 Å². The van der Waals surface area contributed by atoms with E-state index in [1.807, 2.05) is 42.5 Å². The van der Waals surface area contributed by atoms with Crippen molar-refractivity contribution in [1.82, 2.24) is 19.9 Å². The summed E-state index contributed by atoms with van der Waals surface area (Å²) in [6.45, 7) is 4.00. The highest BCUT2D eigenvalue weighted by Gasteiger charge is 2.16. The fourth-order valence-corrected chi connectivity index (χ4v) is 6.99. The second-order valence-corrected chi connectivity index (χ2v) is 12.4. The van der Waals surface area contributed by atoms with Crippen LogP contribution >= 0.6 is 0 Å². The van der Waals surface area contributed by atoms with Gasteiger partial charge in [-0.1, -0.05) is 104 Å². The Labute approximate surface area is 290 Å². The summed E-state index contributed by atoms with van der Waals surface area (Å²) in [6.07, 6.45) is 9.08. The lowest BCUT2D eigenvalue weighted by atomic mass is 9.90. The van der Waals surface area contributed by atoms with E-state index in [1.165, 1.54) is 37.9 Å². The zero-order valence-corrected chi connectivity index (χ0v) is 27.2. The Morgan fingerprint density at radius 2 is 0.920 bits per heavy atom. The van der Waals surface area contributed by atoms with Crippen LogP contribution in [0.3, 0.4) is 0 Å². The van der Waals surface area contributed by atoms with E-state index < -0.39 is 0 Å². The Kier molecular flexibility index (Phi) is 7.25. The number of fused-ring (bicyclic) bond motifs is 6. The summed E-state index contributed by atoms with van der Waals surface area (Å²) in [5.74, 6) is 0.663. The SMILES string of the molecule is C=Cc1ccc2c3ccc(-c4cccc(-c5ccccc5-c5nc(-c6ccncc6)cc(-c6ccncc6)n5)c4)cc3c3ccccc3c2c1. The lowest BCUT2D eigenvalue weighted by molar-refractivity contribution is 1.18. The Morgan fingerprint density at radius 3 is 1.58 bits per heavy atom. The van der Waals surface area contributed by atoms with E-state index in [1.54, 1.807) is 24.8 Å². The zero-order valence-electron chi connectivity index (χ0n) is 27.2. The molecular weight excluding hydrogens is 609 g/mol. The normalized spacial score (nSPS) is 11.3. The first-order valence-corrected chi connectivity index (χ1v) is 16.6. The molecule has 0 radical (unpaired) electrons. The lowest BCUT2D eigenvalue weighted by Crippen LogP contribution is -1.97. The molecule has 0 fully saturated rings. The molecule has 3 aromatic heterocycles. The molecule has 9 rings (SSSR count). The summed E-state index contributed by atoms with van der Waals surface area (Å²) in [7, 11) is 0. The van der Waals surface area contributed by atoms with E-state index in [4.69, 9.17) is 9.97 Å². The van der Waals surface area contributed by atoms with Gasteiger partial charge in [-0.05, 0) is 109 Å². The smallest absolute Gasteiger partial charge is 0.161 e. The Bertz CT molecular complexity index is 2640. The minimum atomic E-state index is 0.663. The molecule has 0 saturated carbocycles. The van der Waals surface area contributed by atoms with Crippen molar-refractivity contribution >= 4 is 38.4 Å². The standard InChI is InChI=1S/C46H30N4/c1-2-30-14-16-39-40-17-15-34(28-43(40)38-12-5-4-11-37(38)42(39)26-30)33-8-7-9-35(27-33)36-10-3-6-13-41(36)46-49-44(31-18-22-47-23-19-31)29-45(50-46)32-20-24-48-25-21-32/h2-29H,1H2. The van der Waals surface area contributed by atoms with Gasteiger partial charge in [-0.2, -0.15) is 0 Å². The molecule has 0 saturated heterocycles. The van der Waals surface area contributed by atoms with Crippen molar-refractivity contribution in [3.8, 4) is 56.2 Å². The second-order valence-electron chi connectivity index (χ2n) is 12.4. The van der Waals surface area contributed by atoms with Crippen molar-refractivity contribution in [3.05, 3.63) is 176 Å². The lowest BCUT2D eigenvalue weighted by Gasteiger charge is -2.14. The first-order valence-electron chi connectivity index (χ1n) is 16.6. The molecule has 0 aliphatic carbocycles. The summed E-state index contributed by atoms with van der Waals surface area (Å²) in [5.41, 5.74) is 10.2. The van der Waals surface area contributed by atoms with E-state index in [9.17, 15) is 0 Å². The van der Waals surface area contributed by atoms with Gasteiger partial charge in [0.1, 0.15) is 0 Å². The maximum Gasteiger partial charge on any atom is 0.161 e. The van der Waals surface area contributed by atoms with E-state index >= 15 is 0 Å². The molecule has 6 aromatic carbocycles. The summed E-state index contributed by atoms with van der Waals surface area (Å²) in [5, 5.41) is 7.48. The third kappa shape index (κ3) is 5.20. The molecule has 0 bridgehead atoms. The fraction of sp³-hybridized carbons (Fsp3) is 0. The highest BCUT2D eigenvalue weighted by Crippen LogP contribution is 2.39. The molecule has 234 valence electrons. The van der Waals surface area contributed by atoms with Crippen LogP contribution < -0.4 is 0 Å². The molecule has 0 spiro atoms. The van der Waals surface area contributed by atoms with Crippen molar-refractivity contribution in [1.29, 1.82) is 0 Å². The predicted octanol–water partition coefficient (Wildman–Crippen LogP) is 11.7. The Balaban J connectivity index is 1.18. The van der Waals surface area contributed by atoms with Crippen LogP contribution in [0.25, 0.3) is 94.5 Å². The molecule has 4 heteroatoms. The van der Waals surface area contributed by atoms with Gasteiger partial charge >= 0.3 is 0 Å². The van der Waals surface area contributed by atoms with Gasteiger partial charge in [-0.25, -0.2) is 9.97 Å². The van der Waals surface area contributed by atoms with Crippen LogP contribution in [0.15, 0.2) is 171 Å². The first-order chi connectivity index (χ1) is 24.7. The Morgan fingerprint density at radius 1 is 0.380 bits per heavy atom. The molecule has 9 aromatic rings. The van der Waals surface area contributed by atoms with Crippen molar-refractivity contribution in [2.75, 3.05) is 0 Å². The van der Waals surface area contributed by atoms with Crippen molar-refractivity contribution in [2.45, 2.75) is 0 Å². The van der Waals surface area contributed by atoms with Gasteiger partial charge in [-0.3, -0.25) is 9.97 Å². The topological polar surface area (TPSA) is 51.6 Å². The summed E-state index contributed by atoms with van der Waals surface area (Å²) >= 11 is 0. The summed E-state index contributed by atoms with van der Waals surface area (Å²) in [4.78, 5) is 18.6. The first kappa shape index (κ1) is 29.4. The number of pyridine rings is 2. The maximum atomic E-state index is 5.10. The van der Waals surface area contributed by atoms with Crippen LogP contribution in [0.2, 0.25) is 0 Å².